The zero-order valence-electron chi connectivity index (χ0n) is 11.7. The van der Waals surface area contributed by atoms with Gasteiger partial charge < -0.3 is 5.32 Å². The molecule has 3 rings (SSSR count). The lowest BCUT2D eigenvalue weighted by Crippen LogP contribution is -2.21. The van der Waals surface area contributed by atoms with Crippen LogP contribution in [0.1, 0.15) is 34.7 Å². The molecule has 0 aliphatic heterocycles. The Morgan fingerprint density at radius 1 is 0.952 bits per heavy atom. The summed E-state index contributed by atoms with van der Waals surface area (Å²) in [6.45, 7) is 0. The molecule has 21 heavy (non-hydrogen) atoms. The van der Waals surface area contributed by atoms with Gasteiger partial charge in [-0.3, -0.25) is 0 Å². The van der Waals surface area contributed by atoms with Gasteiger partial charge in [0.1, 0.15) is 17.5 Å². The van der Waals surface area contributed by atoms with Crippen molar-refractivity contribution in [1.29, 1.82) is 0 Å². The van der Waals surface area contributed by atoms with Gasteiger partial charge in [0.15, 0.2) is 0 Å². The molecular weight excluding hydrogens is 275 g/mol. The average molecular weight is 291 g/mol. The van der Waals surface area contributed by atoms with Crippen LogP contribution in [-0.4, -0.2) is 7.05 Å². The highest BCUT2D eigenvalue weighted by molar-refractivity contribution is 5.41. The molecule has 1 nitrogen and oxygen atoms in total. The molecule has 1 N–H and O–H groups in total. The lowest BCUT2D eigenvalue weighted by molar-refractivity contribution is 0.500. The molecule has 0 saturated heterocycles. The molecule has 1 aliphatic carbocycles. The third-order valence-electron chi connectivity index (χ3n) is 4.08. The summed E-state index contributed by atoms with van der Waals surface area (Å²) in [6, 6.07) is 6.70. The molecule has 0 bridgehead atoms. The number of hydrogen-bond donors (Lipinski definition) is 1. The number of aryl methyl sites for hydroxylation is 2. The van der Waals surface area contributed by atoms with Crippen molar-refractivity contribution in [1.82, 2.24) is 5.32 Å². The molecule has 110 valence electrons. The van der Waals surface area contributed by atoms with E-state index in [9.17, 15) is 13.2 Å². The summed E-state index contributed by atoms with van der Waals surface area (Å²) in [4.78, 5) is 0. The number of halogens is 3. The Morgan fingerprint density at radius 3 is 2.29 bits per heavy atom. The zero-order chi connectivity index (χ0) is 15.0. The van der Waals surface area contributed by atoms with Gasteiger partial charge in [0.2, 0.25) is 0 Å². The quantitative estimate of drug-likeness (QED) is 0.904. The molecule has 0 aromatic heterocycles. The lowest BCUT2D eigenvalue weighted by Gasteiger charge is -2.19. The van der Waals surface area contributed by atoms with Crippen molar-refractivity contribution < 1.29 is 13.2 Å². The van der Waals surface area contributed by atoms with Crippen LogP contribution in [-0.2, 0) is 12.8 Å². The maximum absolute atomic E-state index is 14.0. The second kappa shape index (κ2) is 5.53. The fourth-order valence-corrected chi connectivity index (χ4v) is 3.08. The zero-order valence-corrected chi connectivity index (χ0v) is 11.7. The predicted octanol–water partition coefficient (Wildman–Crippen LogP) is 3.90. The molecule has 1 aliphatic rings. The van der Waals surface area contributed by atoms with Crippen LogP contribution >= 0.6 is 0 Å². The van der Waals surface area contributed by atoms with Gasteiger partial charge in [0, 0.05) is 17.7 Å². The Morgan fingerprint density at radius 2 is 1.62 bits per heavy atom. The molecule has 0 radical (unpaired) electrons. The summed E-state index contributed by atoms with van der Waals surface area (Å²) >= 11 is 0. The van der Waals surface area contributed by atoms with Crippen LogP contribution in [0.3, 0.4) is 0 Å². The standard InChI is InChI=1S/C17H16F3N/c1-21-17(16-14(19)8-13(18)9-15(16)20)12-6-5-10-3-2-4-11(10)7-12/h5-9,17,21H,2-4H2,1H3. The number of benzene rings is 2. The Kier molecular flexibility index (Phi) is 3.72. The summed E-state index contributed by atoms with van der Waals surface area (Å²) < 4.78 is 41.0. The van der Waals surface area contributed by atoms with Crippen molar-refractivity contribution in [3.05, 3.63) is 70.0 Å². The SMILES string of the molecule is CNC(c1ccc2c(c1)CCC2)c1c(F)cc(F)cc1F. The largest absolute Gasteiger partial charge is 0.309 e. The number of nitrogens with one attached hydrogen (secondary N) is 1. The molecular formula is C17H16F3N. The van der Waals surface area contributed by atoms with Crippen LogP contribution in [0.5, 0.6) is 0 Å². The summed E-state index contributed by atoms with van der Waals surface area (Å²) in [5, 5.41) is 2.92. The molecule has 2 aromatic rings. The second-order valence-corrected chi connectivity index (χ2v) is 5.39. The maximum Gasteiger partial charge on any atom is 0.134 e. The number of rotatable bonds is 3. The fraction of sp³-hybridized carbons (Fsp3) is 0.294. The van der Waals surface area contributed by atoms with E-state index in [-0.39, 0.29) is 5.56 Å². The average Bonchev–Trinajstić information content (AvgIpc) is 2.89. The van der Waals surface area contributed by atoms with Crippen LogP contribution in [0.2, 0.25) is 0 Å². The van der Waals surface area contributed by atoms with Crippen molar-refractivity contribution in [2.45, 2.75) is 25.3 Å². The van der Waals surface area contributed by atoms with Gasteiger partial charge in [-0.1, -0.05) is 18.2 Å². The van der Waals surface area contributed by atoms with Crippen molar-refractivity contribution >= 4 is 0 Å². The van der Waals surface area contributed by atoms with E-state index in [0.717, 1.165) is 37.0 Å². The fourth-order valence-electron chi connectivity index (χ4n) is 3.08. The molecule has 0 heterocycles. The van der Waals surface area contributed by atoms with E-state index in [1.807, 2.05) is 18.2 Å². The van der Waals surface area contributed by atoms with Crippen LogP contribution in [0.15, 0.2) is 30.3 Å². The summed E-state index contributed by atoms with van der Waals surface area (Å²) in [5.41, 5.74) is 3.18. The maximum atomic E-state index is 14.0. The summed E-state index contributed by atoms with van der Waals surface area (Å²) in [6.07, 6.45) is 3.16. The van der Waals surface area contributed by atoms with E-state index in [0.29, 0.717) is 0 Å². The van der Waals surface area contributed by atoms with Gasteiger partial charge in [-0.25, -0.2) is 13.2 Å². The second-order valence-electron chi connectivity index (χ2n) is 5.39. The van der Waals surface area contributed by atoms with Gasteiger partial charge in [-0.2, -0.15) is 0 Å². The highest BCUT2D eigenvalue weighted by Gasteiger charge is 2.23. The minimum absolute atomic E-state index is 0.142. The molecule has 4 heteroatoms. The first-order chi connectivity index (χ1) is 10.1. The Hall–Kier alpha value is -1.81. The molecule has 2 aromatic carbocycles. The summed E-state index contributed by atoms with van der Waals surface area (Å²) in [7, 11) is 1.64. The van der Waals surface area contributed by atoms with Crippen LogP contribution in [0, 0.1) is 17.5 Å². The molecule has 0 amide bonds. The van der Waals surface area contributed by atoms with Gasteiger partial charge in [0.25, 0.3) is 0 Å². The first-order valence-corrected chi connectivity index (χ1v) is 7.03. The number of fused-ring (bicyclic) bond motifs is 1. The van der Waals surface area contributed by atoms with Crippen molar-refractivity contribution in [2.75, 3.05) is 7.05 Å². The highest BCUT2D eigenvalue weighted by atomic mass is 19.1. The molecule has 1 atom stereocenters. The van der Waals surface area contributed by atoms with E-state index in [4.69, 9.17) is 0 Å². The molecule has 0 spiro atoms. The van der Waals surface area contributed by atoms with E-state index >= 15 is 0 Å². The highest BCUT2D eigenvalue weighted by Crippen LogP contribution is 2.31. The Labute approximate surface area is 121 Å². The van der Waals surface area contributed by atoms with E-state index in [1.165, 1.54) is 11.1 Å². The van der Waals surface area contributed by atoms with Crippen LogP contribution < -0.4 is 5.32 Å². The van der Waals surface area contributed by atoms with E-state index < -0.39 is 23.5 Å². The normalized spacial score (nSPS) is 15.0. The monoisotopic (exact) mass is 291 g/mol. The van der Waals surface area contributed by atoms with Gasteiger partial charge in [-0.15, -0.1) is 0 Å². The first kappa shape index (κ1) is 14.1. The van der Waals surface area contributed by atoms with Crippen LogP contribution in [0.4, 0.5) is 13.2 Å². The number of hydrogen-bond acceptors (Lipinski definition) is 1. The lowest BCUT2D eigenvalue weighted by atomic mass is 9.95. The third kappa shape index (κ3) is 2.56. The van der Waals surface area contributed by atoms with Gasteiger partial charge in [0.05, 0.1) is 6.04 Å². The van der Waals surface area contributed by atoms with E-state index in [2.05, 4.69) is 5.32 Å². The van der Waals surface area contributed by atoms with Crippen molar-refractivity contribution in [2.24, 2.45) is 0 Å². The smallest absolute Gasteiger partial charge is 0.134 e. The van der Waals surface area contributed by atoms with Gasteiger partial charge in [-0.05, 0) is 43.0 Å². The minimum atomic E-state index is -0.905. The summed E-state index contributed by atoms with van der Waals surface area (Å²) in [5.74, 6) is -2.64. The van der Waals surface area contributed by atoms with Crippen LogP contribution in [0.25, 0.3) is 0 Å². The Bertz CT molecular complexity index is 659. The minimum Gasteiger partial charge on any atom is -0.309 e. The molecule has 1 unspecified atom stereocenters. The van der Waals surface area contributed by atoms with E-state index in [1.54, 1.807) is 7.05 Å². The Balaban J connectivity index is 2.07. The topological polar surface area (TPSA) is 12.0 Å². The third-order valence-corrected chi connectivity index (χ3v) is 4.08. The van der Waals surface area contributed by atoms with Crippen molar-refractivity contribution in [3.8, 4) is 0 Å². The van der Waals surface area contributed by atoms with Crippen molar-refractivity contribution in [3.63, 3.8) is 0 Å². The first-order valence-electron chi connectivity index (χ1n) is 7.03. The molecule has 0 fully saturated rings. The van der Waals surface area contributed by atoms with Gasteiger partial charge >= 0.3 is 0 Å². The molecule has 0 saturated carbocycles. The predicted molar refractivity (Wildman–Crippen MR) is 75.7 cm³/mol.